The topological polar surface area (TPSA) is 66.0 Å². The first-order chi connectivity index (χ1) is 12.2. The van der Waals surface area contributed by atoms with Crippen LogP contribution in [0.2, 0.25) is 0 Å². The molecule has 0 atom stereocenters. The number of nitrogens with two attached hydrogens (primary N) is 1. The molecule has 0 spiro atoms. The number of thioether (sulfide) groups is 1. The van der Waals surface area contributed by atoms with Crippen molar-refractivity contribution in [2.24, 2.45) is 0 Å². The van der Waals surface area contributed by atoms with Gasteiger partial charge in [0.1, 0.15) is 6.61 Å². The summed E-state index contributed by atoms with van der Waals surface area (Å²) in [7, 11) is 0. The first-order valence-electron chi connectivity index (χ1n) is 7.65. The molecule has 0 saturated carbocycles. The summed E-state index contributed by atoms with van der Waals surface area (Å²) in [6, 6.07) is 16.2. The van der Waals surface area contributed by atoms with Gasteiger partial charge in [0.05, 0.1) is 0 Å². The monoisotopic (exact) mass is 356 g/mol. The Bertz CT molecular complexity index is 851. The molecule has 0 fully saturated rings. The fraction of sp³-hybridized carbons (Fsp3) is 0.111. The van der Waals surface area contributed by atoms with Gasteiger partial charge in [0, 0.05) is 5.75 Å². The number of benzene rings is 2. The minimum Gasteiger partial charge on any atom is -0.482 e. The molecule has 7 heteroatoms. The fourth-order valence-electron chi connectivity index (χ4n) is 2.08. The normalized spacial score (nSPS) is 11.1. The van der Waals surface area contributed by atoms with E-state index in [2.05, 4.69) is 10.2 Å². The van der Waals surface area contributed by atoms with E-state index in [-0.39, 0.29) is 12.4 Å². The molecule has 0 saturated heterocycles. The second-order valence-electron chi connectivity index (χ2n) is 5.11. The zero-order valence-electron chi connectivity index (χ0n) is 13.4. The summed E-state index contributed by atoms with van der Waals surface area (Å²) >= 11 is 1.46. The number of aromatic nitrogens is 3. The van der Waals surface area contributed by atoms with Gasteiger partial charge in [-0.25, -0.2) is 9.07 Å². The number of hydrogen-bond acceptors (Lipinski definition) is 5. The van der Waals surface area contributed by atoms with E-state index < -0.39 is 5.82 Å². The van der Waals surface area contributed by atoms with Crippen LogP contribution in [-0.2, 0) is 6.61 Å². The number of hydrogen-bond donors (Lipinski definition) is 1. The quantitative estimate of drug-likeness (QED) is 0.518. The van der Waals surface area contributed by atoms with Gasteiger partial charge >= 0.3 is 0 Å². The van der Waals surface area contributed by atoms with Crippen LogP contribution in [0, 0.1) is 5.82 Å². The molecular formula is C18H17FN4OS. The molecule has 0 bridgehead atoms. The van der Waals surface area contributed by atoms with Crippen LogP contribution >= 0.6 is 11.8 Å². The van der Waals surface area contributed by atoms with E-state index in [1.165, 1.54) is 22.5 Å². The maximum atomic E-state index is 13.5. The second kappa shape index (κ2) is 8.34. The van der Waals surface area contributed by atoms with Gasteiger partial charge in [-0.05, 0) is 17.7 Å². The molecule has 0 aliphatic carbocycles. The molecule has 0 aliphatic rings. The van der Waals surface area contributed by atoms with Crippen molar-refractivity contribution < 1.29 is 9.13 Å². The average molecular weight is 356 g/mol. The number of rotatable bonds is 7. The average Bonchev–Trinajstić information content (AvgIpc) is 2.99. The molecule has 1 aromatic heterocycles. The van der Waals surface area contributed by atoms with Gasteiger partial charge < -0.3 is 10.6 Å². The lowest BCUT2D eigenvalue weighted by Gasteiger charge is -2.06. The van der Waals surface area contributed by atoms with Crippen LogP contribution in [0.3, 0.4) is 0 Å². The summed E-state index contributed by atoms with van der Waals surface area (Å²) in [5.41, 5.74) is 1.14. The third-order valence-corrected chi connectivity index (χ3v) is 4.24. The van der Waals surface area contributed by atoms with Crippen molar-refractivity contribution in [2.75, 3.05) is 11.6 Å². The Morgan fingerprint density at radius 3 is 2.64 bits per heavy atom. The predicted molar refractivity (Wildman–Crippen MR) is 97.1 cm³/mol. The number of nitrogen functional groups attached to an aromatic ring is 1. The molecule has 0 radical (unpaired) electrons. The molecule has 0 amide bonds. The van der Waals surface area contributed by atoms with Gasteiger partial charge in [-0.2, -0.15) is 0 Å². The summed E-state index contributed by atoms with van der Waals surface area (Å²) in [6.45, 7) is 0.0465. The minimum absolute atomic E-state index is 0.0465. The Kier molecular flexibility index (Phi) is 5.69. The lowest BCUT2D eigenvalue weighted by Crippen LogP contribution is -2.16. The van der Waals surface area contributed by atoms with Crippen molar-refractivity contribution in [3.63, 3.8) is 0 Å². The molecule has 128 valence electrons. The lowest BCUT2D eigenvalue weighted by atomic mass is 10.2. The van der Waals surface area contributed by atoms with Crippen molar-refractivity contribution >= 4 is 17.8 Å². The van der Waals surface area contributed by atoms with Crippen molar-refractivity contribution in [3.05, 3.63) is 77.9 Å². The Hall–Kier alpha value is -2.80. The molecule has 0 unspecified atom stereocenters. The zero-order valence-corrected chi connectivity index (χ0v) is 14.2. The highest BCUT2D eigenvalue weighted by Crippen LogP contribution is 2.19. The van der Waals surface area contributed by atoms with E-state index in [0.29, 0.717) is 16.7 Å². The molecule has 3 aromatic rings. The van der Waals surface area contributed by atoms with Gasteiger partial charge in [0.2, 0.25) is 5.16 Å². The van der Waals surface area contributed by atoms with E-state index in [9.17, 15) is 4.39 Å². The van der Waals surface area contributed by atoms with Crippen LogP contribution in [0.4, 0.5) is 4.39 Å². The summed E-state index contributed by atoms with van der Waals surface area (Å²) < 4.78 is 20.3. The van der Waals surface area contributed by atoms with Gasteiger partial charge in [-0.15, -0.1) is 10.2 Å². The Morgan fingerprint density at radius 1 is 1.08 bits per heavy atom. The van der Waals surface area contributed by atoms with Crippen LogP contribution in [0.1, 0.15) is 11.4 Å². The summed E-state index contributed by atoms with van der Waals surface area (Å²) in [4.78, 5) is 0. The van der Waals surface area contributed by atoms with Crippen LogP contribution in [0.15, 0.2) is 65.8 Å². The number of nitrogens with zero attached hydrogens (tertiary/aromatic N) is 3. The highest BCUT2D eigenvalue weighted by atomic mass is 32.2. The first-order valence-corrected chi connectivity index (χ1v) is 8.63. The van der Waals surface area contributed by atoms with Crippen LogP contribution in [0.5, 0.6) is 5.75 Å². The number of para-hydroxylation sites is 1. The maximum absolute atomic E-state index is 13.5. The molecule has 2 N–H and O–H groups in total. The molecule has 0 aliphatic heterocycles. The summed E-state index contributed by atoms with van der Waals surface area (Å²) in [5, 5.41) is 8.61. The lowest BCUT2D eigenvalue weighted by molar-refractivity contribution is 0.277. The number of halogens is 1. The third kappa shape index (κ3) is 4.60. The largest absolute Gasteiger partial charge is 0.482 e. The van der Waals surface area contributed by atoms with E-state index in [4.69, 9.17) is 10.6 Å². The molecule has 2 aromatic carbocycles. The Balaban J connectivity index is 1.54. The smallest absolute Gasteiger partial charge is 0.210 e. The predicted octanol–water partition coefficient (Wildman–Crippen LogP) is 3.52. The minimum atomic E-state index is -0.425. The Labute approximate surface area is 149 Å². The Morgan fingerprint density at radius 2 is 1.84 bits per heavy atom. The van der Waals surface area contributed by atoms with Crippen LogP contribution in [0.25, 0.3) is 6.08 Å². The van der Waals surface area contributed by atoms with Gasteiger partial charge in [0.15, 0.2) is 17.4 Å². The molecule has 5 nitrogen and oxygen atoms in total. The summed E-state index contributed by atoms with van der Waals surface area (Å²) in [5.74, 6) is 6.84. The second-order valence-corrected chi connectivity index (χ2v) is 6.10. The van der Waals surface area contributed by atoms with E-state index in [0.717, 1.165) is 5.56 Å². The van der Waals surface area contributed by atoms with Crippen molar-refractivity contribution in [1.29, 1.82) is 0 Å². The zero-order chi connectivity index (χ0) is 17.5. The maximum Gasteiger partial charge on any atom is 0.210 e. The van der Waals surface area contributed by atoms with Gasteiger partial charge in [0.25, 0.3) is 0 Å². The van der Waals surface area contributed by atoms with Crippen LogP contribution in [-0.4, -0.2) is 20.6 Å². The molecule has 25 heavy (non-hydrogen) atoms. The SMILES string of the molecule is Nn1c(COc2ccccc2F)nnc1SCC=Cc1ccccc1. The highest BCUT2D eigenvalue weighted by molar-refractivity contribution is 7.99. The van der Waals surface area contributed by atoms with E-state index >= 15 is 0 Å². The van der Waals surface area contributed by atoms with Gasteiger partial charge in [-0.3, -0.25) is 0 Å². The van der Waals surface area contributed by atoms with Gasteiger partial charge in [-0.1, -0.05) is 66.4 Å². The fourth-order valence-corrected chi connectivity index (χ4v) is 2.76. The highest BCUT2D eigenvalue weighted by Gasteiger charge is 2.11. The van der Waals surface area contributed by atoms with E-state index in [1.807, 2.05) is 42.5 Å². The molecule has 3 rings (SSSR count). The van der Waals surface area contributed by atoms with Crippen LogP contribution < -0.4 is 10.6 Å². The van der Waals surface area contributed by atoms with E-state index in [1.54, 1.807) is 18.2 Å². The van der Waals surface area contributed by atoms with Crippen molar-refractivity contribution in [3.8, 4) is 5.75 Å². The van der Waals surface area contributed by atoms with Crippen molar-refractivity contribution in [2.45, 2.75) is 11.8 Å². The molecular weight excluding hydrogens is 339 g/mol. The van der Waals surface area contributed by atoms with Crippen molar-refractivity contribution in [1.82, 2.24) is 14.9 Å². The molecule has 1 heterocycles. The first kappa shape index (κ1) is 17.0. The third-order valence-electron chi connectivity index (χ3n) is 3.35. The number of ether oxygens (including phenoxy) is 1. The summed E-state index contributed by atoms with van der Waals surface area (Å²) in [6.07, 6.45) is 4.07. The standard InChI is InChI=1S/C18H17FN4OS/c19-15-10-4-5-11-16(15)24-13-17-21-22-18(23(17)20)25-12-6-9-14-7-2-1-3-8-14/h1-11H,12-13,20H2.